The van der Waals surface area contributed by atoms with Gasteiger partial charge in [0.05, 0.1) is 17.2 Å². The number of guanidine groups is 1. The van der Waals surface area contributed by atoms with Gasteiger partial charge in [0.25, 0.3) is 0 Å². The summed E-state index contributed by atoms with van der Waals surface area (Å²) in [6, 6.07) is 7.62. The topological polar surface area (TPSA) is 90.4 Å². The fraction of sp³-hybridized carbons (Fsp3) is 0.476. The monoisotopic (exact) mass is 544 g/mol. The number of anilines is 1. The third-order valence-corrected chi connectivity index (χ3v) is 5.23. The lowest BCUT2D eigenvalue weighted by Gasteiger charge is -2.11. The Balaban J connectivity index is 0.00000450. The Labute approximate surface area is 200 Å². The van der Waals surface area contributed by atoms with Crippen molar-refractivity contribution in [3.63, 3.8) is 0 Å². The minimum absolute atomic E-state index is 0. The van der Waals surface area contributed by atoms with E-state index in [1.54, 1.807) is 11.3 Å². The summed E-state index contributed by atoms with van der Waals surface area (Å²) in [5.41, 5.74) is 2.95. The molecule has 0 saturated carbocycles. The van der Waals surface area contributed by atoms with Crippen molar-refractivity contribution < 1.29 is 4.79 Å². The number of amides is 2. The zero-order chi connectivity index (χ0) is 21.2. The molecule has 2 aromatic rings. The lowest BCUT2D eigenvalue weighted by molar-refractivity contribution is 0.250. The number of aryl methyl sites for hydroxylation is 2. The molecular formula is C21H33IN6OS. The molecule has 0 radical (unpaired) electrons. The predicted octanol–water partition coefficient (Wildman–Crippen LogP) is 4.21. The number of halogens is 1. The molecule has 0 fully saturated rings. The second-order valence-electron chi connectivity index (χ2n) is 7.07. The van der Waals surface area contributed by atoms with Gasteiger partial charge in [-0.05, 0) is 52.3 Å². The Bertz CT molecular complexity index is 800. The molecule has 0 aliphatic rings. The summed E-state index contributed by atoms with van der Waals surface area (Å²) in [5.74, 6) is 0.788. The second kappa shape index (κ2) is 13.4. The van der Waals surface area contributed by atoms with E-state index in [1.165, 1.54) is 4.88 Å². The summed E-state index contributed by atoms with van der Waals surface area (Å²) >= 11 is 1.75. The molecule has 2 amide bonds. The minimum Gasteiger partial charge on any atom is -0.357 e. The third kappa shape index (κ3) is 9.29. The summed E-state index contributed by atoms with van der Waals surface area (Å²) < 4.78 is 0. The maximum absolute atomic E-state index is 11.8. The van der Waals surface area contributed by atoms with E-state index in [9.17, 15) is 4.79 Å². The van der Waals surface area contributed by atoms with E-state index >= 15 is 0 Å². The third-order valence-electron chi connectivity index (χ3n) is 4.10. The standard InChI is InChI=1S/C21H32N6OS.HI/c1-6-22-20(23-12-11-19-26-15(4)16(5)29-19)24-13-17-7-9-18(10-8-17)27-21(28)25-14(2)3;/h7-10,14H,6,11-13H2,1-5H3,(H2,22,23,24)(H2,25,27,28);1H. The van der Waals surface area contributed by atoms with Crippen LogP contribution in [0, 0.1) is 13.8 Å². The molecule has 0 saturated heterocycles. The number of thiazole rings is 1. The van der Waals surface area contributed by atoms with Gasteiger partial charge in [-0.3, -0.25) is 0 Å². The van der Waals surface area contributed by atoms with Gasteiger partial charge >= 0.3 is 6.03 Å². The Morgan fingerprint density at radius 3 is 2.43 bits per heavy atom. The van der Waals surface area contributed by atoms with Gasteiger partial charge < -0.3 is 21.3 Å². The fourth-order valence-corrected chi connectivity index (χ4v) is 3.50. The molecule has 1 aromatic heterocycles. The van der Waals surface area contributed by atoms with Gasteiger partial charge in [0.15, 0.2) is 5.96 Å². The molecule has 0 unspecified atom stereocenters. The zero-order valence-corrected chi connectivity index (χ0v) is 21.5. The molecule has 2 rings (SSSR count). The summed E-state index contributed by atoms with van der Waals surface area (Å²) in [5, 5.41) is 13.4. The van der Waals surface area contributed by atoms with Gasteiger partial charge in [-0.2, -0.15) is 0 Å². The normalized spacial score (nSPS) is 11.1. The molecule has 7 nitrogen and oxygen atoms in total. The van der Waals surface area contributed by atoms with Crippen LogP contribution in [0.3, 0.4) is 0 Å². The largest absolute Gasteiger partial charge is 0.357 e. The van der Waals surface area contributed by atoms with Crippen LogP contribution in [0.5, 0.6) is 0 Å². The van der Waals surface area contributed by atoms with Crippen LogP contribution in [0.2, 0.25) is 0 Å². The molecule has 0 spiro atoms. The number of benzene rings is 1. The fourth-order valence-electron chi connectivity index (χ4n) is 2.57. The van der Waals surface area contributed by atoms with Crippen LogP contribution < -0.4 is 21.3 Å². The quantitative estimate of drug-likeness (QED) is 0.228. The van der Waals surface area contributed by atoms with E-state index in [2.05, 4.69) is 38.2 Å². The smallest absolute Gasteiger partial charge is 0.319 e. The first kappa shape index (κ1) is 26.2. The van der Waals surface area contributed by atoms with Gasteiger partial charge in [0, 0.05) is 36.1 Å². The van der Waals surface area contributed by atoms with E-state index in [-0.39, 0.29) is 36.0 Å². The van der Waals surface area contributed by atoms with Crippen LogP contribution in [0.25, 0.3) is 0 Å². The number of aliphatic imine (C=N–C) groups is 1. The molecule has 1 aromatic carbocycles. The van der Waals surface area contributed by atoms with Crippen LogP contribution in [0.1, 0.15) is 41.9 Å². The molecule has 1 heterocycles. The number of nitrogens with zero attached hydrogens (tertiary/aromatic N) is 2. The highest BCUT2D eigenvalue weighted by Crippen LogP contribution is 2.16. The lowest BCUT2D eigenvalue weighted by atomic mass is 10.2. The molecular weight excluding hydrogens is 511 g/mol. The maximum atomic E-state index is 11.8. The van der Waals surface area contributed by atoms with Gasteiger partial charge in [-0.25, -0.2) is 14.8 Å². The van der Waals surface area contributed by atoms with E-state index in [1.807, 2.05) is 52.0 Å². The van der Waals surface area contributed by atoms with Gasteiger partial charge in [-0.15, -0.1) is 35.3 Å². The first-order valence-electron chi connectivity index (χ1n) is 9.99. The Hall–Kier alpha value is -1.88. The van der Waals surface area contributed by atoms with Crippen molar-refractivity contribution in [3.05, 3.63) is 45.4 Å². The Morgan fingerprint density at radius 2 is 1.87 bits per heavy atom. The van der Waals surface area contributed by atoms with E-state index in [4.69, 9.17) is 0 Å². The van der Waals surface area contributed by atoms with Crippen molar-refractivity contribution in [3.8, 4) is 0 Å². The molecule has 166 valence electrons. The number of rotatable bonds is 8. The molecule has 30 heavy (non-hydrogen) atoms. The maximum Gasteiger partial charge on any atom is 0.319 e. The number of carbonyl (C=O) groups is 1. The van der Waals surface area contributed by atoms with Gasteiger partial charge in [-0.1, -0.05) is 12.1 Å². The number of hydrogen-bond donors (Lipinski definition) is 4. The highest BCUT2D eigenvalue weighted by molar-refractivity contribution is 14.0. The number of nitrogens with one attached hydrogen (secondary N) is 4. The minimum atomic E-state index is -0.199. The molecule has 9 heteroatoms. The highest BCUT2D eigenvalue weighted by Gasteiger charge is 2.05. The van der Waals surface area contributed by atoms with Crippen molar-refractivity contribution in [2.75, 3.05) is 18.4 Å². The van der Waals surface area contributed by atoms with Gasteiger partial charge in [0.2, 0.25) is 0 Å². The SMILES string of the molecule is CCNC(=NCc1ccc(NC(=O)NC(C)C)cc1)NCCc1nc(C)c(C)s1.I. The molecule has 0 atom stereocenters. The molecule has 4 N–H and O–H groups in total. The van der Waals surface area contributed by atoms with E-state index < -0.39 is 0 Å². The van der Waals surface area contributed by atoms with Crippen molar-refractivity contribution in [1.82, 2.24) is 20.9 Å². The van der Waals surface area contributed by atoms with Crippen molar-refractivity contribution >= 4 is 53.0 Å². The van der Waals surface area contributed by atoms with Crippen molar-refractivity contribution in [2.24, 2.45) is 4.99 Å². The van der Waals surface area contributed by atoms with Crippen LogP contribution in [-0.4, -0.2) is 36.1 Å². The van der Waals surface area contributed by atoms with Gasteiger partial charge in [0.1, 0.15) is 0 Å². The average Bonchev–Trinajstić information content (AvgIpc) is 2.97. The first-order chi connectivity index (χ1) is 13.9. The predicted molar refractivity (Wildman–Crippen MR) is 137 cm³/mol. The van der Waals surface area contributed by atoms with Crippen LogP contribution in [-0.2, 0) is 13.0 Å². The Morgan fingerprint density at radius 1 is 1.17 bits per heavy atom. The summed E-state index contributed by atoms with van der Waals surface area (Å²) in [6.45, 7) is 12.2. The number of carbonyl (C=O) groups excluding carboxylic acids is 1. The van der Waals surface area contributed by atoms with Crippen molar-refractivity contribution in [2.45, 2.75) is 53.6 Å². The Kier molecular flexibility index (Phi) is 11.7. The lowest BCUT2D eigenvalue weighted by Crippen LogP contribution is -2.38. The van der Waals surface area contributed by atoms with Crippen LogP contribution in [0.4, 0.5) is 10.5 Å². The van der Waals surface area contributed by atoms with Crippen LogP contribution in [0.15, 0.2) is 29.3 Å². The zero-order valence-electron chi connectivity index (χ0n) is 18.3. The van der Waals surface area contributed by atoms with Crippen molar-refractivity contribution in [1.29, 1.82) is 0 Å². The number of aromatic nitrogens is 1. The molecule has 0 aliphatic heterocycles. The number of urea groups is 1. The highest BCUT2D eigenvalue weighted by atomic mass is 127. The summed E-state index contributed by atoms with van der Waals surface area (Å²) in [6.07, 6.45) is 0.878. The molecule has 0 bridgehead atoms. The summed E-state index contributed by atoms with van der Waals surface area (Å²) in [7, 11) is 0. The second-order valence-corrected chi connectivity index (χ2v) is 8.36. The van der Waals surface area contributed by atoms with Crippen LogP contribution >= 0.6 is 35.3 Å². The summed E-state index contributed by atoms with van der Waals surface area (Å²) in [4.78, 5) is 22.3. The molecule has 0 aliphatic carbocycles. The first-order valence-corrected chi connectivity index (χ1v) is 10.8. The average molecular weight is 545 g/mol. The number of hydrogen-bond acceptors (Lipinski definition) is 4. The van der Waals surface area contributed by atoms with E-state index in [0.29, 0.717) is 6.54 Å². The van der Waals surface area contributed by atoms with E-state index in [0.717, 1.165) is 47.4 Å².